The van der Waals surface area contributed by atoms with Gasteiger partial charge in [-0.05, 0) is 35.7 Å². The Morgan fingerprint density at radius 2 is 2.09 bits per heavy atom. The van der Waals surface area contributed by atoms with Crippen molar-refractivity contribution in [1.29, 1.82) is 0 Å². The predicted octanol–water partition coefficient (Wildman–Crippen LogP) is 3.96. The molecule has 6 heteroatoms. The van der Waals surface area contributed by atoms with Gasteiger partial charge in [-0.1, -0.05) is 23.7 Å². The molecule has 5 nitrogen and oxygen atoms in total. The third-order valence-electron chi connectivity index (χ3n) is 4.33. The van der Waals surface area contributed by atoms with Crippen LogP contribution < -0.4 is 5.32 Å². The van der Waals surface area contributed by atoms with Crippen LogP contribution in [0.15, 0.2) is 42.5 Å². The van der Waals surface area contributed by atoms with Crippen molar-refractivity contribution in [3.05, 3.63) is 74.4 Å². The van der Waals surface area contributed by atoms with Gasteiger partial charge in [-0.2, -0.15) is 0 Å². The summed E-state index contributed by atoms with van der Waals surface area (Å²) in [7, 11) is 0. The fourth-order valence-electron chi connectivity index (χ4n) is 3.30. The highest BCUT2D eigenvalue weighted by Crippen LogP contribution is 2.35. The van der Waals surface area contributed by atoms with E-state index in [1.807, 2.05) is 24.3 Å². The van der Waals surface area contributed by atoms with Gasteiger partial charge in [-0.25, -0.2) is 0 Å². The Labute approximate surface area is 137 Å². The standard InChI is InChI=1S/C17H14ClN3O2/c18-11-4-5-15-14(9-11)13-6-7-19-16(17(13)20-15)10-2-1-3-12(8-10)21(22)23/h1-5,8-9,16,19-20H,6-7H2. The third-order valence-corrected chi connectivity index (χ3v) is 4.56. The van der Waals surface area contributed by atoms with E-state index >= 15 is 0 Å². The minimum absolute atomic E-state index is 0.0789. The topological polar surface area (TPSA) is 71.0 Å². The number of hydrogen-bond donors (Lipinski definition) is 2. The van der Waals surface area contributed by atoms with Crippen molar-refractivity contribution >= 4 is 28.2 Å². The highest BCUT2D eigenvalue weighted by Gasteiger charge is 2.26. The van der Waals surface area contributed by atoms with E-state index in [0.29, 0.717) is 5.02 Å². The molecule has 1 aliphatic heterocycles. The average Bonchev–Trinajstić information content (AvgIpc) is 2.93. The number of halogens is 1. The molecular weight excluding hydrogens is 314 g/mol. The van der Waals surface area contributed by atoms with Gasteiger partial charge in [0.15, 0.2) is 0 Å². The molecule has 23 heavy (non-hydrogen) atoms. The second-order valence-corrected chi connectivity index (χ2v) is 6.13. The summed E-state index contributed by atoms with van der Waals surface area (Å²) in [5, 5.41) is 16.3. The zero-order valence-electron chi connectivity index (χ0n) is 12.2. The molecule has 116 valence electrons. The summed E-state index contributed by atoms with van der Waals surface area (Å²) in [6, 6.07) is 12.5. The number of aromatic amines is 1. The molecule has 4 rings (SSSR count). The summed E-state index contributed by atoms with van der Waals surface area (Å²) < 4.78 is 0. The van der Waals surface area contributed by atoms with Crippen LogP contribution >= 0.6 is 11.6 Å². The molecule has 0 radical (unpaired) electrons. The fraction of sp³-hybridized carbons (Fsp3) is 0.176. The van der Waals surface area contributed by atoms with Crippen LogP contribution in [-0.4, -0.2) is 16.5 Å². The van der Waals surface area contributed by atoms with Gasteiger partial charge in [0.25, 0.3) is 5.69 Å². The van der Waals surface area contributed by atoms with Crippen molar-refractivity contribution in [2.24, 2.45) is 0 Å². The number of H-pyrrole nitrogens is 1. The van der Waals surface area contributed by atoms with Crippen LogP contribution in [0.4, 0.5) is 5.69 Å². The number of nitro groups is 1. The van der Waals surface area contributed by atoms with E-state index in [1.165, 1.54) is 11.6 Å². The molecule has 1 aliphatic rings. The molecule has 1 atom stereocenters. The van der Waals surface area contributed by atoms with E-state index < -0.39 is 0 Å². The van der Waals surface area contributed by atoms with Gasteiger partial charge >= 0.3 is 0 Å². The molecule has 2 aromatic carbocycles. The average molecular weight is 328 g/mol. The number of non-ortho nitro benzene ring substituents is 1. The number of benzene rings is 2. The van der Waals surface area contributed by atoms with Crippen molar-refractivity contribution in [2.75, 3.05) is 6.54 Å². The lowest BCUT2D eigenvalue weighted by atomic mass is 9.94. The highest BCUT2D eigenvalue weighted by atomic mass is 35.5. The van der Waals surface area contributed by atoms with Crippen LogP contribution in [-0.2, 0) is 6.42 Å². The summed E-state index contributed by atoms with van der Waals surface area (Å²) in [6.45, 7) is 0.819. The molecule has 0 saturated heterocycles. The Kier molecular flexibility index (Phi) is 3.32. The number of nitrogens with one attached hydrogen (secondary N) is 2. The summed E-state index contributed by atoms with van der Waals surface area (Å²) in [6.07, 6.45) is 0.904. The van der Waals surface area contributed by atoms with Crippen molar-refractivity contribution in [3.8, 4) is 0 Å². The van der Waals surface area contributed by atoms with E-state index in [9.17, 15) is 10.1 Å². The molecule has 0 spiro atoms. The van der Waals surface area contributed by atoms with Gasteiger partial charge in [0, 0.05) is 40.3 Å². The fourth-order valence-corrected chi connectivity index (χ4v) is 3.47. The zero-order valence-corrected chi connectivity index (χ0v) is 12.9. The largest absolute Gasteiger partial charge is 0.357 e. The lowest BCUT2D eigenvalue weighted by molar-refractivity contribution is -0.384. The van der Waals surface area contributed by atoms with Gasteiger partial charge < -0.3 is 10.3 Å². The maximum Gasteiger partial charge on any atom is 0.269 e. The first-order valence-electron chi connectivity index (χ1n) is 7.41. The highest BCUT2D eigenvalue weighted by molar-refractivity contribution is 6.31. The van der Waals surface area contributed by atoms with Gasteiger partial charge in [-0.3, -0.25) is 10.1 Å². The minimum atomic E-state index is -0.363. The van der Waals surface area contributed by atoms with E-state index in [-0.39, 0.29) is 16.7 Å². The Hall–Kier alpha value is -2.37. The Bertz CT molecular complexity index is 919. The third kappa shape index (κ3) is 2.38. The number of hydrogen-bond acceptors (Lipinski definition) is 3. The second-order valence-electron chi connectivity index (χ2n) is 5.70. The van der Waals surface area contributed by atoms with Crippen LogP contribution in [0.2, 0.25) is 5.02 Å². The molecule has 0 saturated carbocycles. The predicted molar refractivity (Wildman–Crippen MR) is 90.0 cm³/mol. The van der Waals surface area contributed by atoms with Gasteiger partial charge in [0.05, 0.1) is 11.0 Å². The quantitative estimate of drug-likeness (QED) is 0.552. The first kappa shape index (κ1) is 14.2. The first-order chi connectivity index (χ1) is 11.1. The van der Waals surface area contributed by atoms with Crippen LogP contribution in [0.25, 0.3) is 10.9 Å². The summed E-state index contributed by atoms with van der Waals surface area (Å²) in [5.41, 5.74) is 4.33. The maximum atomic E-state index is 11.0. The Morgan fingerprint density at radius 1 is 1.22 bits per heavy atom. The van der Waals surface area contributed by atoms with Gasteiger partial charge in [0.1, 0.15) is 0 Å². The normalized spacial score (nSPS) is 17.2. The minimum Gasteiger partial charge on any atom is -0.357 e. The number of rotatable bonds is 2. The van der Waals surface area contributed by atoms with Crippen LogP contribution in [0.1, 0.15) is 22.9 Å². The summed E-state index contributed by atoms with van der Waals surface area (Å²) in [4.78, 5) is 14.1. The van der Waals surface area contributed by atoms with E-state index in [2.05, 4.69) is 10.3 Å². The second kappa shape index (κ2) is 5.37. The number of fused-ring (bicyclic) bond motifs is 3. The van der Waals surface area contributed by atoms with E-state index in [1.54, 1.807) is 12.1 Å². The lowest BCUT2D eigenvalue weighted by Crippen LogP contribution is -2.30. The zero-order chi connectivity index (χ0) is 16.0. The van der Waals surface area contributed by atoms with Crippen LogP contribution in [0, 0.1) is 10.1 Å². The molecular formula is C17H14ClN3O2. The van der Waals surface area contributed by atoms with Crippen molar-refractivity contribution in [1.82, 2.24) is 10.3 Å². The number of nitro benzene ring substituents is 1. The monoisotopic (exact) mass is 327 g/mol. The van der Waals surface area contributed by atoms with Crippen LogP contribution in [0.3, 0.4) is 0 Å². The molecule has 3 aromatic rings. The van der Waals surface area contributed by atoms with E-state index in [4.69, 9.17) is 11.6 Å². The molecule has 2 N–H and O–H groups in total. The molecule has 2 heterocycles. The molecule has 0 fully saturated rings. The molecule has 1 unspecified atom stereocenters. The summed E-state index contributed by atoms with van der Waals surface area (Å²) in [5.74, 6) is 0. The molecule has 0 bridgehead atoms. The van der Waals surface area contributed by atoms with Gasteiger partial charge in [0.2, 0.25) is 0 Å². The molecule has 1 aromatic heterocycles. The first-order valence-corrected chi connectivity index (χ1v) is 7.79. The smallest absolute Gasteiger partial charge is 0.269 e. The van der Waals surface area contributed by atoms with Crippen LogP contribution in [0.5, 0.6) is 0 Å². The van der Waals surface area contributed by atoms with Crippen molar-refractivity contribution in [3.63, 3.8) is 0 Å². The van der Waals surface area contributed by atoms with Crippen molar-refractivity contribution < 1.29 is 4.92 Å². The Morgan fingerprint density at radius 3 is 2.91 bits per heavy atom. The molecule has 0 amide bonds. The van der Waals surface area contributed by atoms with Crippen molar-refractivity contribution in [2.45, 2.75) is 12.5 Å². The van der Waals surface area contributed by atoms with Gasteiger partial charge in [-0.15, -0.1) is 0 Å². The lowest BCUT2D eigenvalue weighted by Gasteiger charge is -2.24. The summed E-state index contributed by atoms with van der Waals surface area (Å²) >= 11 is 6.12. The number of aromatic nitrogens is 1. The maximum absolute atomic E-state index is 11.0. The number of nitrogens with zero attached hydrogens (tertiary/aromatic N) is 1. The van der Waals surface area contributed by atoms with E-state index in [0.717, 1.165) is 35.1 Å². The molecule has 0 aliphatic carbocycles. The SMILES string of the molecule is O=[N+]([O-])c1cccc(C2NCCc3c2[nH]c2ccc(Cl)cc32)c1. The Balaban J connectivity index is 1.86.